The van der Waals surface area contributed by atoms with Gasteiger partial charge in [0.25, 0.3) is 0 Å². The maximum atomic E-state index is 12.3. The molecule has 0 radical (unpaired) electrons. The third-order valence-corrected chi connectivity index (χ3v) is 6.18. The Balaban J connectivity index is 3.92. The Labute approximate surface area is 209 Å². The van der Waals surface area contributed by atoms with Gasteiger partial charge in [-0.2, -0.15) is 0 Å². The summed E-state index contributed by atoms with van der Waals surface area (Å²) in [5, 5.41) is 11.7. The van der Waals surface area contributed by atoms with Gasteiger partial charge in [-0.05, 0) is 18.8 Å². The molecule has 0 aliphatic heterocycles. The van der Waals surface area contributed by atoms with Crippen molar-refractivity contribution in [2.45, 2.75) is 149 Å². The van der Waals surface area contributed by atoms with Crippen molar-refractivity contribution >= 4 is 17.8 Å². The van der Waals surface area contributed by atoms with Gasteiger partial charge in [-0.1, -0.05) is 117 Å². The molecule has 0 aromatic carbocycles. The van der Waals surface area contributed by atoms with E-state index >= 15 is 0 Å². The Hall–Kier alpha value is -1.59. The van der Waals surface area contributed by atoms with E-state index in [0.717, 1.165) is 44.4 Å². The van der Waals surface area contributed by atoms with Crippen LogP contribution in [0.25, 0.3) is 0 Å². The molecule has 0 aliphatic rings. The average Bonchev–Trinajstić information content (AvgIpc) is 2.78. The number of rotatable bonds is 24. The van der Waals surface area contributed by atoms with Crippen molar-refractivity contribution in [3.8, 4) is 0 Å². The zero-order valence-electron chi connectivity index (χ0n) is 22.4. The highest BCUT2D eigenvalue weighted by molar-refractivity contribution is 5.87. The topological polar surface area (TPSA) is 92.7 Å². The third-order valence-electron chi connectivity index (χ3n) is 6.18. The van der Waals surface area contributed by atoms with Gasteiger partial charge < -0.3 is 15.2 Å². The van der Waals surface area contributed by atoms with Gasteiger partial charge in [0.2, 0.25) is 5.91 Å². The van der Waals surface area contributed by atoms with E-state index in [2.05, 4.69) is 26.1 Å². The SMILES string of the molecule is CCCCCCCCCCCC(=O)N[C@@H](CC(=O)O)C(=O)OCCCCCCCCCC(C)C. The van der Waals surface area contributed by atoms with E-state index in [9.17, 15) is 14.4 Å². The number of carboxylic acid groups (broad SMARTS) is 1. The standard InChI is InChI=1S/C28H53NO5/c1-4-5-6-7-8-9-12-15-18-21-26(30)29-25(23-27(31)32)28(33)34-22-19-16-13-10-11-14-17-20-24(2)3/h24-25H,4-23H2,1-3H3,(H,29,30)(H,31,32)/t25-/m0/s1. The first-order valence-corrected chi connectivity index (χ1v) is 14.0. The highest BCUT2D eigenvalue weighted by atomic mass is 16.5. The molecule has 200 valence electrons. The molecule has 0 bridgehead atoms. The molecular formula is C28H53NO5. The summed E-state index contributed by atoms with van der Waals surface area (Å²) in [6, 6.07) is -1.11. The maximum absolute atomic E-state index is 12.3. The van der Waals surface area contributed by atoms with Crippen LogP contribution in [0.3, 0.4) is 0 Å². The van der Waals surface area contributed by atoms with Crippen LogP contribution in [0, 0.1) is 5.92 Å². The van der Waals surface area contributed by atoms with Crippen molar-refractivity contribution < 1.29 is 24.2 Å². The van der Waals surface area contributed by atoms with Crippen LogP contribution in [0.1, 0.15) is 143 Å². The van der Waals surface area contributed by atoms with Gasteiger partial charge in [0.15, 0.2) is 0 Å². The molecule has 6 nitrogen and oxygen atoms in total. The van der Waals surface area contributed by atoms with Crippen LogP contribution in [0.15, 0.2) is 0 Å². The van der Waals surface area contributed by atoms with Gasteiger partial charge in [-0.15, -0.1) is 0 Å². The molecule has 0 aromatic rings. The number of hydrogen-bond acceptors (Lipinski definition) is 4. The Morgan fingerprint density at radius 2 is 1.24 bits per heavy atom. The van der Waals surface area contributed by atoms with Gasteiger partial charge >= 0.3 is 11.9 Å². The Morgan fingerprint density at radius 1 is 0.735 bits per heavy atom. The third kappa shape index (κ3) is 22.2. The average molecular weight is 484 g/mol. The van der Waals surface area contributed by atoms with Crippen molar-refractivity contribution in [3.05, 3.63) is 0 Å². The largest absolute Gasteiger partial charge is 0.481 e. The smallest absolute Gasteiger partial charge is 0.329 e. The molecule has 0 fully saturated rings. The molecule has 1 atom stereocenters. The summed E-state index contributed by atoms with van der Waals surface area (Å²) in [7, 11) is 0. The van der Waals surface area contributed by atoms with Crippen LogP contribution in [0.4, 0.5) is 0 Å². The van der Waals surface area contributed by atoms with E-state index in [-0.39, 0.29) is 12.5 Å². The number of carboxylic acids is 1. The van der Waals surface area contributed by atoms with Gasteiger partial charge in [0.1, 0.15) is 6.04 Å². The van der Waals surface area contributed by atoms with Crippen molar-refractivity contribution in [1.82, 2.24) is 5.32 Å². The van der Waals surface area contributed by atoms with Crippen LogP contribution in [-0.4, -0.2) is 35.6 Å². The highest BCUT2D eigenvalue weighted by Crippen LogP contribution is 2.13. The van der Waals surface area contributed by atoms with Crippen molar-refractivity contribution in [1.29, 1.82) is 0 Å². The summed E-state index contributed by atoms with van der Waals surface area (Å²) in [6.45, 7) is 7.00. The lowest BCUT2D eigenvalue weighted by Gasteiger charge is -2.16. The number of hydrogen-bond donors (Lipinski definition) is 2. The number of amides is 1. The molecular weight excluding hydrogens is 430 g/mol. The summed E-state index contributed by atoms with van der Waals surface area (Å²) >= 11 is 0. The summed E-state index contributed by atoms with van der Waals surface area (Å²) in [6.07, 6.45) is 19.5. The summed E-state index contributed by atoms with van der Waals surface area (Å²) < 4.78 is 5.26. The van der Waals surface area contributed by atoms with Crippen LogP contribution in [0.2, 0.25) is 0 Å². The maximum Gasteiger partial charge on any atom is 0.329 e. The van der Waals surface area contributed by atoms with Crippen LogP contribution in [0.5, 0.6) is 0 Å². The molecule has 0 spiro atoms. The predicted octanol–water partition coefficient (Wildman–Crippen LogP) is 7.19. The molecule has 0 saturated heterocycles. The zero-order valence-corrected chi connectivity index (χ0v) is 22.4. The molecule has 0 aliphatic carbocycles. The van der Waals surface area contributed by atoms with Crippen LogP contribution >= 0.6 is 0 Å². The number of carbonyl (C=O) groups excluding carboxylic acids is 2. The lowest BCUT2D eigenvalue weighted by Crippen LogP contribution is -2.43. The fraction of sp³-hybridized carbons (Fsp3) is 0.893. The number of nitrogens with one attached hydrogen (secondary N) is 1. The predicted molar refractivity (Wildman–Crippen MR) is 139 cm³/mol. The van der Waals surface area contributed by atoms with Gasteiger partial charge in [-0.3, -0.25) is 9.59 Å². The fourth-order valence-corrected chi connectivity index (χ4v) is 4.04. The van der Waals surface area contributed by atoms with Gasteiger partial charge in [0, 0.05) is 6.42 Å². The molecule has 0 unspecified atom stereocenters. The number of unbranched alkanes of at least 4 members (excludes halogenated alkanes) is 14. The van der Waals surface area contributed by atoms with Crippen LogP contribution < -0.4 is 5.32 Å². The molecule has 0 rings (SSSR count). The Kier molecular flexibility index (Phi) is 22.1. The second-order valence-corrected chi connectivity index (χ2v) is 10.1. The number of ether oxygens (including phenoxy) is 1. The summed E-state index contributed by atoms with van der Waals surface area (Å²) in [5.74, 6) is -1.26. The molecule has 1 amide bonds. The molecule has 0 saturated carbocycles. The van der Waals surface area contributed by atoms with Crippen molar-refractivity contribution in [3.63, 3.8) is 0 Å². The quantitative estimate of drug-likeness (QED) is 0.112. The molecule has 0 heterocycles. The van der Waals surface area contributed by atoms with E-state index in [1.54, 1.807) is 0 Å². The van der Waals surface area contributed by atoms with Gasteiger partial charge in [0.05, 0.1) is 13.0 Å². The highest BCUT2D eigenvalue weighted by Gasteiger charge is 2.24. The Bertz CT molecular complexity index is 521. The number of esters is 1. The molecule has 0 aromatic heterocycles. The van der Waals surface area contributed by atoms with Crippen molar-refractivity contribution in [2.24, 2.45) is 5.92 Å². The van der Waals surface area contributed by atoms with E-state index in [0.29, 0.717) is 6.42 Å². The van der Waals surface area contributed by atoms with Crippen LogP contribution in [-0.2, 0) is 19.1 Å². The lowest BCUT2D eigenvalue weighted by atomic mass is 10.0. The first kappa shape index (κ1) is 32.4. The monoisotopic (exact) mass is 483 g/mol. The Morgan fingerprint density at radius 3 is 1.76 bits per heavy atom. The normalized spacial score (nSPS) is 12.0. The zero-order chi connectivity index (χ0) is 25.4. The van der Waals surface area contributed by atoms with E-state index < -0.39 is 24.4 Å². The van der Waals surface area contributed by atoms with E-state index in [1.807, 2.05) is 0 Å². The molecule has 34 heavy (non-hydrogen) atoms. The second kappa shape index (κ2) is 23.2. The summed E-state index contributed by atoms with van der Waals surface area (Å²) in [5.41, 5.74) is 0. The van der Waals surface area contributed by atoms with Gasteiger partial charge in [-0.25, -0.2) is 4.79 Å². The number of aliphatic carboxylic acids is 1. The van der Waals surface area contributed by atoms with Crippen molar-refractivity contribution in [2.75, 3.05) is 6.61 Å². The molecule has 6 heteroatoms. The minimum Gasteiger partial charge on any atom is -0.481 e. The van der Waals surface area contributed by atoms with E-state index in [1.165, 1.54) is 70.6 Å². The fourth-order valence-electron chi connectivity index (χ4n) is 4.04. The minimum absolute atomic E-state index is 0.274. The first-order valence-electron chi connectivity index (χ1n) is 14.0. The molecule has 2 N–H and O–H groups in total. The second-order valence-electron chi connectivity index (χ2n) is 10.1. The minimum atomic E-state index is -1.12. The summed E-state index contributed by atoms with van der Waals surface area (Å²) in [4.78, 5) is 35.6. The number of carbonyl (C=O) groups is 3. The first-order chi connectivity index (χ1) is 16.4. The van der Waals surface area contributed by atoms with E-state index in [4.69, 9.17) is 9.84 Å². The lowest BCUT2D eigenvalue weighted by molar-refractivity contribution is -0.151.